The topological polar surface area (TPSA) is 108 Å². The molecule has 0 spiro atoms. The molecule has 0 aromatic heterocycles. The van der Waals surface area contributed by atoms with Crippen LogP contribution in [0.2, 0.25) is 0 Å². The monoisotopic (exact) mass is 1040 g/mol. The first kappa shape index (κ1) is 71.3. The minimum Gasteiger partial charge on any atom is -0.477 e. The van der Waals surface area contributed by atoms with Crippen molar-refractivity contribution in [2.75, 3.05) is 47.5 Å². The van der Waals surface area contributed by atoms with Gasteiger partial charge >= 0.3 is 17.9 Å². The van der Waals surface area contributed by atoms with Crippen molar-refractivity contribution >= 4 is 17.9 Å². The largest absolute Gasteiger partial charge is 0.477 e. The minimum atomic E-state index is -1.50. The number of ether oxygens (including phenoxy) is 4. The second-order valence-corrected chi connectivity index (χ2v) is 23.4. The van der Waals surface area contributed by atoms with E-state index < -0.39 is 18.4 Å². The predicted octanol–water partition coefficient (Wildman–Crippen LogP) is 19.1. The molecule has 0 rings (SSSR count). The summed E-state index contributed by atoms with van der Waals surface area (Å²) in [6, 6.07) is 0. The number of carboxylic acid groups (broad SMARTS) is 1. The predicted molar refractivity (Wildman–Crippen MR) is 309 cm³/mol. The molecule has 9 nitrogen and oxygen atoms in total. The number of likely N-dealkylation sites (N-methyl/N-ethyl adjacent to an activating group) is 1. The molecule has 1 N–H and O–H groups in total. The fourth-order valence-corrected chi connectivity index (χ4v) is 9.90. The number of unbranched alkanes of at least 4 members (excludes halogenated alkanes) is 46. The van der Waals surface area contributed by atoms with Crippen molar-refractivity contribution in [2.45, 2.75) is 347 Å². The summed E-state index contributed by atoms with van der Waals surface area (Å²) >= 11 is 0. The number of rotatable bonds is 61. The average molecular weight is 1040 g/mol. The number of carboxylic acids is 1. The Morgan fingerprint density at radius 1 is 0.356 bits per heavy atom. The van der Waals surface area contributed by atoms with Crippen molar-refractivity contribution in [1.29, 1.82) is 0 Å². The zero-order valence-electron chi connectivity index (χ0n) is 49.6. The lowest BCUT2D eigenvalue weighted by Crippen LogP contribution is -2.40. The van der Waals surface area contributed by atoms with Gasteiger partial charge in [0.2, 0.25) is 0 Å². The number of esters is 2. The molecular weight excluding hydrogens is 911 g/mol. The number of hydrogen-bond acceptors (Lipinski definition) is 7. The van der Waals surface area contributed by atoms with E-state index in [4.69, 9.17) is 18.9 Å². The normalized spacial score (nSPS) is 12.6. The molecular formula is C64H126NO8+. The van der Waals surface area contributed by atoms with Gasteiger partial charge in [-0.25, -0.2) is 4.79 Å². The first-order valence-electron chi connectivity index (χ1n) is 32.2. The fraction of sp³-hybridized carbons (Fsp3) is 0.953. The van der Waals surface area contributed by atoms with Crippen LogP contribution in [0, 0.1) is 0 Å². The molecule has 0 aromatic carbocycles. The molecule has 2 unspecified atom stereocenters. The Morgan fingerprint density at radius 3 is 0.877 bits per heavy atom. The van der Waals surface area contributed by atoms with Crippen molar-refractivity contribution < 1.29 is 42.9 Å². The maximum atomic E-state index is 12.9. The summed E-state index contributed by atoms with van der Waals surface area (Å²) < 4.78 is 22.9. The molecule has 0 amide bonds. The zero-order chi connectivity index (χ0) is 53.4. The second kappa shape index (κ2) is 56.5. The summed E-state index contributed by atoms with van der Waals surface area (Å²) in [6.45, 7) is 4.96. The first-order valence-corrected chi connectivity index (χ1v) is 32.2. The van der Waals surface area contributed by atoms with Crippen LogP contribution >= 0.6 is 0 Å². The lowest BCUT2D eigenvalue weighted by atomic mass is 10.0. The fourth-order valence-electron chi connectivity index (χ4n) is 9.90. The van der Waals surface area contributed by atoms with Gasteiger partial charge in [-0.15, -0.1) is 0 Å². The lowest BCUT2D eigenvalue weighted by molar-refractivity contribution is -0.870. The molecule has 9 heteroatoms. The van der Waals surface area contributed by atoms with Gasteiger partial charge in [-0.2, -0.15) is 0 Å². The van der Waals surface area contributed by atoms with Crippen LogP contribution in [0.1, 0.15) is 335 Å². The van der Waals surface area contributed by atoms with Crippen molar-refractivity contribution in [1.82, 2.24) is 0 Å². The number of hydrogen-bond donors (Lipinski definition) is 1. The van der Waals surface area contributed by atoms with Gasteiger partial charge in [0.1, 0.15) is 13.2 Å². The van der Waals surface area contributed by atoms with E-state index in [9.17, 15) is 19.5 Å². The molecule has 0 saturated heterocycles. The van der Waals surface area contributed by atoms with Crippen LogP contribution in [0.15, 0.2) is 0 Å². The highest BCUT2D eigenvalue weighted by Crippen LogP contribution is 2.19. The van der Waals surface area contributed by atoms with Gasteiger partial charge in [-0.05, 0) is 12.8 Å². The molecule has 2 atom stereocenters. The molecule has 0 heterocycles. The second-order valence-electron chi connectivity index (χ2n) is 23.4. The SMILES string of the molecule is CCCCCCCCCCCCCCCCCCCCCCCCCCCCCCCCC(=O)OC(COC(=O)CCCCCCCCCCCCCCCCCCCC)COC(OCC[N+](C)(C)C)C(=O)O. The highest BCUT2D eigenvalue weighted by molar-refractivity contribution is 5.71. The van der Waals surface area contributed by atoms with Crippen LogP contribution in [0.3, 0.4) is 0 Å². The zero-order valence-corrected chi connectivity index (χ0v) is 49.6. The van der Waals surface area contributed by atoms with Crippen LogP contribution in [0.25, 0.3) is 0 Å². The third-order valence-corrected chi connectivity index (χ3v) is 14.9. The quantitative estimate of drug-likeness (QED) is 0.0278. The van der Waals surface area contributed by atoms with Crippen molar-refractivity contribution in [3.63, 3.8) is 0 Å². The molecule has 0 fully saturated rings. The van der Waals surface area contributed by atoms with E-state index in [1.54, 1.807) is 0 Å². The summed E-state index contributed by atoms with van der Waals surface area (Å²) in [5.74, 6) is -1.97. The van der Waals surface area contributed by atoms with Crippen LogP contribution in [-0.4, -0.2) is 87.4 Å². The molecule has 0 bridgehead atoms. The van der Waals surface area contributed by atoms with Gasteiger partial charge in [0, 0.05) is 12.8 Å². The van der Waals surface area contributed by atoms with Gasteiger partial charge in [-0.3, -0.25) is 9.59 Å². The molecule has 0 aromatic rings. The van der Waals surface area contributed by atoms with Crippen molar-refractivity contribution in [2.24, 2.45) is 0 Å². The Morgan fingerprint density at radius 2 is 0.616 bits per heavy atom. The molecule has 0 aliphatic carbocycles. The summed E-state index contributed by atoms with van der Waals surface area (Å²) in [5, 5.41) is 9.72. The van der Waals surface area contributed by atoms with E-state index in [1.807, 2.05) is 21.1 Å². The first-order chi connectivity index (χ1) is 35.6. The summed E-state index contributed by atoms with van der Waals surface area (Å²) in [5.41, 5.74) is 0. The Balaban J connectivity index is 4.06. The third kappa shape index (κ3) is 57.8. The number of carbonyl (C=O) groups excluding carboxylic acids is 2. The van der Waals surface area contributed by atoms with Crippen LogP contribution in [0.4, 0.5) is 0 Å². The van der Waals surface area contributed by atoms with E-state index in [0.29, 0.717) is 17.4 Å². The summed E-state index contributed by atoms with van der Waals surface area (Å²) in [6.07, 6.45) is 62.0. The number of nitrogens with zero attached hydrogens (tertiary/aromatic N) is 1. The van der Waals surface area contributed by atoms with E-state index in [-0.39, 0.29) is 38.2 Å². The highest BCUT2D eigenvalue weighted by Gasteiger charge is 2.25. The number of aliphatic carboxylic acids is 1. The Hall–Kier alpha value is -1.71. The van der Waals surface area contributed by atoms with Gasteiger partial charge in [0.25, 0.3) is 6.29 Å². The molecule has 0 aliphatic rings. The highest BCUT2D eigenvalue weighted by atomic mass is 16.7. The molecule has 434 valence electrons. The molecule has 0 saturated carbocycles. The summed E-state index contributed by atoms with van der Waals surface area (Å²) in [7, 11) is 5.99. The Labute approximate surface area is 453 Å². The molecule has 0 aliphatic heterocycles. The average Bonchev–Trinajstić information content (AvgIpc) is 3.36. The molecule has 73 heavy (non-hydrogen) atoms. The van der Waals surface area contributed by atoms with E-state index in [0.717, 1.165) is 38.5 Å². The maximum absolute atomic E-state index is 12.9. The van der Waals surface area contributed by atoms with Gasteiger partial charge in [-0.1, -0.05) is 309 Å². The van der Waals surface area contributed by atoms with Crippen LogP contribution < -0.4 is 0 Å². The molecule has 0 radical (unpaired) electrons. The van der Waals surface area contributed by atoms with Crippen LogP contribution in [-0.2, 0) is 33.3 Å². The summed E-state index contributed by atoms with van der Waals surface area (Å²) in [4.78, 5) is 37.5. The Kier molecular flexibility index (Phi) is 55.2. The Bertz CT molecular complexity index is 1160. The van der Waals surface area contributed by atoms with Gasteiger partial charge < -0.3 is 28.5 Å². The lowest BCUT2D eigenvalue weighted by Gasteiger charge is -2.25. The van der Waals surface area contributed by atoms with E-state index >= 15 is 0 Å². The third-order valence-electron chi connectivity index (χ3n) is 14.9. The van der Waals surface area contributed by atoms with Gasteiger partial charge in [0.15, 0.2) is 6.10 Å². The smallest absolute Gasteiger partial charge is 0.361 e. The minimum absolute atomic E-state index is 0.172. The van der Waals surface area contributed by atoms with Gasteiger partial charge in [0.05, 0.1) is 34.4 Å². The van der Waals surface area contributed by atoms with Crippen LogP contribution in [0.5, 0.6) is 0 Å². The number of quaternary nitrogens is 1. The van der Waals surface area contributed by atoms with Crippen molar-refractivity contribution in [3.05, 3.63) is 0 Å². The maximum Gasteiger partial charge on any atom is 0.361 e. The van der Waals surface area contributed by atoms with Crippen molar-refractivity contribution in [3.8, 4) is 0 Å². The number of carbonyl (C=O) groups is 3. The standard InChI is InChI=1S/C64H125NO8/c1-6-8-10-12-14-16-18-20-22-24-26-27-28-29-30-31-32-33-34-35-36-37-39-41-43-45-47-49-51-53-55-62(67)73-60(59-72-64(63(68)69)70-57-56-65(3,4)5)58-71-61(66)54-52-50-48-46-44-42-40-38-25-23-21-19-17-15-13-11-9-7-2/h60,64H,6-59H2,1-5H3/p+1. The van der Waals surface area contributed by atoms with E-state index in [1.165, 1.54) is 270 Å². The van der Waals surface area contributed by atoms with E-state index in [2.05, 4.69) is 13.8 Å².